The summed E-state index contributed by atoms with van der Waals surface area (Å²) < 4.78 is 1.84. The third-order valence-electron chi connectivity index (χ3n) is 3.65. The smallest absolute Gasteiger partial charge is 0.133 e. The molecule has 0 bridgehead atoms. The largest absolute Gasteiger partial charge is 0.303 e. The fourth-order valence-corrected chi connectivity index (χ4v) is 2.45. The van der Waals surface area contributed by atoms with Crippen LogP contribution in [0.5, 0.6) is 0 Å². The van der Waals surface area contributed by atoms with Crippen molar-refractivity contribution in [1.29, 1.82) is 0 Å². The lowest BCUT2D eigenvalue weighted by Gasteiger charge is -2.30. The molecule has 4 nitrogen and oxygen atoms in total. The predicted molar refractivity (Wildman–Crippen MR) is 66.8 cm³/mol. The molecular weight excluding hydrogens is 214 g/mol. The number of rotatable bonds is 4. The van der Waals surface area contributed by atoms with E-state index >= 15 is 0 Å². The Hall–Kier alpha value is -1.16. The Morgan fingerprint density at radius 1 is 1.47 bits per heavy atom. The Bertz CT molecular complexity index is 376. The van der Waals surface area contributed by atoms with Gasteiger partial charge in [0.2, 0.25) is 0 Å². The molecule has 0 spiro atoms. The number of carbonyl (C=O) groups is 1. The molecule has 0 aromatic carbocycles. The Morgan fingerprint density at radius 3 is 2.76 bits per heavy atom. The van der Waals surface area contributed by atoms with E-state index in [1.54, 1.807) is 0 Å². The average Bonchev–Trinajstić information content (AvgIpc) is 2.73. The van der Waals surface area contributed by atoms with Crippen molar-refractivity contribution in [3.05, 3.63) is 18.0 Å². The topological polar surface area (TPSA) is 38.1 Å². The number of Topliss-reactive ketones (excluding diaryl/α,β-unsaturated/α-hetero) is 1. The number of nitrogens with zero attached hydrogens (tertiary/aromatic N) is 3. The van der Waals surface area contributed by atoms with Crippen molar-refractivity contribution >= 4 is 5.78 Å². The van der Waals surface area contributed by atoms with Crippen LogP contribution in [-0.4, -0.2) is 40.1 Å². The van der Waals surface area contributed by atoms with Crippen LogP contribution < -0.4 is 0 Å². The number of aromatic nitrogens is 2. The van der Waals surface area contributed by atoms with E-state index in [1.807, 2.05) is 17.9 Å². The second-order valence-electron chi connectivity index (χ2n) is 5.02. The minimum Gasteiger partial charge on any atom is -0.303 e. The van der Waals surface area contributed by atoms with Crippen LogP contribution in [0.1, 0.15) is 31.2 Å². The van der Waals surface area contributed by atoms with Gasteiger partial charge in [-0.3, -0.25) is 9.48 Å². The van der Waals surface area contributed by atoms with Crippen LogP contribution in [-0.2, 0) is 18.3 Å². The molecule has 0 atom stereocenters. The van der Waals surface area contributed by atoms with Gasteiger partial charge < -0.3 is 4.90 Å². The van der Waals surface area contributed by atoms with E-state index in [0.717, 1.165) is 38.6 Å². The summed E-state index contributed by atoms with van der Waals surface area (Å²) in [5.74, 6) is 0.432. The molecule has 1 saturated carbocycles. The van der Waals surface area contributed by atoms with Gasteiger partial charge in [-0.05, 0) is 31.9 Å². The van der Waals surface area contributed by atoms with Gasteiger partial charge in [-0.1, -0.05) is 0 Å². The zero-order valence-electron chi connectivity index (χ0n) is 10.7. The average molecular weight is 235 g/mol. The standard InChI is InChI=1S/C13H21N3O/c1-15(12-3-5-13(17)6-4-12)8-7-11-9-14-16(2)10-11/h9-10,12H,3-8H2,1-2H3. The van der Waals surface area contributed by atoms with Crippen LogP contribution in [0, 0.1) is 0 Å². The summed E-state index contributed by atoms with van der Waals surface area (Å²) in [4.78, 5) is 13.6. The van der Waals surface area contributed by atoms with Crippen LogP contribution in [0.4, 0.5) is 0 Å². The molecule has 0 unspecified atom stereocenters. The number of aryl methyl sites for hydroxylation is 1. The molecule has 1 aliphatic carbocycles. The van der Waals surface area contributed by atoms with Crippen LogP contribution in [0.2, 0.25) is 0 Å². The minimum atomic E-state index is 0.432. The number of likely N-dealkylation sites (N-methyl/N-ethyl adjacent to an activating group) is 1. The van der Waals surface area contributed by atoms with E-state index in [9.17, 15) is 4.79 Å². The monoisotopic (exact) mass is 235 g/mol. The first kappa shape index (κ1) is 12.3. The number of ketones is 1. The van der Waals surface area contributed by atoms with E-state index in [-0.39, 0.29) is 0 Å². The first-order chi connectivity index (χ1) is 8.15. The maximum atomic E-state index is 11.2. The Kier molecular flexibility index (Phi) is 3.94. The van der Waals surface area contributed by atoms with Gasteiger partial charge in [-0.15, -0.1) is 0 Å². The molecule has 0 N–H and O–H groups in total. The highest BCUT2D eigenvalue weighted by molar-refractivity contribution is 5.79. The van der Waals surface area contributed by atoms with E-state index in [4.69, 9.17) is 0 Å². The lowest BCUT2D eigenvalue weighted by Crippen LogP contribution is -2.36. The molecule has 0 saturated heterocycles. The second kappa shape index (κ2) is 5.45. The SMILES string of the molecule is CN(CCc1cnn(C)c1)C1CCC(=O)CC1. The van der Waals surface area contributed by atoms with Crippen molar-refractivity contribution in [3.63, 3.8) is 0 Å². The molecule has 2 rings (SSSR count). The first-order valence-corrected chi connectivity index (χ1v) is 6.34. The van der Waals surface area contributed by atoms with Crippen LogP contribution in [0.15, 0.2) is 12.4 Å². The van der Waals surface area contributed by atoms with Crippen molar-refractivity contribution in [2.24, 2.45) is 7.05 Å². The fraction of sp³-hybridized carbons (Fsp3) is 0.692. The van der Waals surface area contributed by atoms with Gasteiger partial charge in [0.25, 0.3) is 0 Å². The summed E-state index contributed by atoms with van der Waals surface area (Å²) in [6.45, 7) is 1.05. The second-order valence-corrected chi connectivity index (χ2v) is 5.02. The fourth-order valence-electron chi connectivity index (χ4n) is 2.45. The van der Waals surface area contributed by atoms with Crippen LogP contribution in [0.25, 0.3) is 0 Å². The third kappa shape index (κ3) is 3.40. The van der Waals surface area contributed by atoms with Gasteiger partial charge in [0.05, 0.1) is 6.20 Å². The summed E-state index contributed by atoms with van der Waals surface area (Å²) in [5, 5.41) is 4.17. The molecule has 1 aromatic heterocycles. The van der Waals surface area contributed by atoms with Gasteiger partial charge in [0, 0.05) is 38.7 Å². The lowest BCUT2D eigenvalue weighted by molar-refractivity contribution is -0.121. The maximum Gasteiger partial charge on any atom is 0.133 e. The van der Waals surface area contributed by atoms with E-state index in [2.05, 4.69) is 23.2 Å². The quantitative estimate of drug-likeness (QED) is 0.792. The van der Waals surface area contributed by atoms with Gasteiger partial charge in [-0.25, -0.2) is 0 Å². The molecule has 17 heavy (non-hydrogen) atoms. The summed E-state index contributed by atoms with van der Waals surface area (Å²) in [7, 11) is 4.11. The van der Waals surface area contributed by atoms with Crippen LogP contribution >= 0.6 is 0 Å². The molecule has 1 aromatic rings. The van der Waals surface area contributed by atoms with Crippen molar-refractivity contribution in [2.75, 3.05) is 13.6 Å². The Labute approximate surface area is 103 Å². The molecule has 1 aliphatic rings. The van der Waals surface area contributed by atoms with Crippen molar-refractivity contribution in [1.82, 2.24) is 14.7 Å². The molecule has 94 valence electrons. The summed E-state index contributed by atoms with van der Waals surface area (Å²) in [6.07, 6.45) is 8.62. The van der Waals surface area contributed by atoms with Gasteiger partial charge in [0.1, 0.15) is 5.78 Å². The molecule has 1 heterocycles. The third-order valence-corrected chi connectivity index (χ3v) is 3.65. The highest BCUT2D eigenvalue weighted by atomic mass is 16.1. The Balaban J connectivity index is 1.77. The molecule has 1 fully saturated rings. The van der Waals surface area contributed by atoms with Crippen LogP contribution in [0.3, 0.4) is 0 Å². The Morgan fingerprint density at radius 2 is 2.18 bits per heavy atom. The number of hydrogen-bond donors (Lipinski definition) is 0. The molecule has 0 radical (unpaired) electrons. The molecular formula is C13H21N3O. The van der Waals surface area contributed by atoms with Crippen molar-refractivity contribution in [3.8, 4) is 0 Å². The van der Waals surface area contributed by atoms with Crippen molar-refractivity contribution in [2.45, 2.75) is 38.1 Å². The highest BCUT2D eigenvalue weighted by Crippen LogP contribution is 2.19. The molecule has 0 aliphatic heterocycles. The maximum absolute atomic E-state index is 11.2. The normalized spacial score (nSPS) is 17.9. The van der Waals surface area contributed by atoms with Gasteiger partial charge in [0.15, 0.2) is 0 Å². The van der Waals surface area contributed by atoms with Gasteiger partial charge in [-0.2, -0.15) is 5.10 Å². The number of carbonyl (C=O) groups excluding carboxylic acids is 1. The zero-order valence-corrected chi connectivity index (χ0v) is 10.7. The number of hydrogen-bond acceptors (Lipinski definition) is 3. The first-order valence-electron chi connectivity index (χ1n) is 6.34. The minimum absolute atomic E-state index is 0.432. The zero-order chi connectivity index (χ0) is 12.3. The summed E-state index contributed by atoms with van der Waals surface area (Å²) in [6, 6.07) is 0.587. The van der Waals surface area contributed by atoms with Crippen molar-refractivity contribution < 1.29 is 4.79 Å². The summed E-state index contributed by atoms with van der Waals surface area (Å²) in [5.41, 5.74) is 1.28. The van der Waals surface area contributed by atoms with E-state index in [0.29, 0.717) is 11.8 Å². The summed E-state index contributed by atoms with van der Waals surface area (Å²) >= 11 is 0. The van der Waals surface area contributed by atoms with E-state index in [1.165, 1.54) is 5.56 Å². The lowest BCUT2D eigenvalue weighted by atomic mass is 9.93. The van der Waals surface area contributed by atoms with E-state index < -0.39 is 0 Å². The molecule has 0 amide bonds. The predicted octanol–water partition coefficient (Wildman–Crippen LogP) is 1.41. The highest BCUT2D eigenvalue weighted by Gasteiger charge is 2.21. The molecule has 4 heteroatoms. The van der Waals surface area contributed by atoms with Gasteiger partial charge >= 0.3 is 0 Å².